The maximum Gasteiger partial charge on any atom is 0.320 e. The zero-order valence-electron chi connectivity index (χ0n) is 17.3. The maximum absolute atomic E-state index is 12.8. The molecule has 0 spiro atoms. The highest BCUT2D eigenvalue weighted by atomic mass is 127. The number of anilines is 1. The number of fused-ring (bicyclic) bond motifs is 1. The van der Waals surface area contributed by atoms with E-state index in [0.29, 0.717) is 56.8 Å². The zero-order chi connectivity index (χ0) is 21.1. The van der Waals surface area contributed by atoms with Gasteiger partial charge in [-0.2, -0.15) is 0 Å². The second-order valence-corrected chi connectivity index (χ2v) is 8.32. The van der Waals surface area contributed by atoms with Crippen LogP contribution < -0.4 is 14.4 Å². The topological polar surface area (TPSA) is 80.3 Å². The minimum absolute atomic E-state index is 0.103. The van der Waals surface area contributed by atoms with E-state index in [9.17, 15) is 4.79 Å². The van der Waals surface area contributed by atoms with Crippen molar-refractivity contribution in [2.24, 2.45) is 0 Å². The Hall–Kier alpha value is -2.08. The number of nitrogens with zero attached hydrogens (tertiary/aromatic N) is 5. The first-order valence-corrected chi connectivity index (χ1v) is 11.1. The Kier molecular flexibility index (Phi) is 6.61. The third kappa shape index (κ3) is 4.20. The number of halogens is 1. The van der Waals surface area contributed by atoms with Gasteiger partial charge in [0.05, 0.1) is 36.5 Å². The molecule has 1 aromatic carbocycles. The van der Waals surface area contributed by atoms with Gasteiger partial charge in [-0.1, -0.05) is 0 Å². The van der Waals surface area contributed by atoms with Crippen molar-refractivity contribution in [1.29, 1.82) is 0 Å². The van der Waals surface area contributed by atoms with Crippen molar-refractivity contribution in [3.63, 3.8) is 0 Å². The van der Waals surface area contributed by atoms with E-state index in [0.717, 1.165) is 34.0 Å². The minimum atomic E-state index is 0.103. The van der Waals surface area contributed by atoms with Gasteiger partial charge in [-0.3, -0.25) is 0 Å². The molecular formula is C20H26IN5O4. The summed E-state index contributed by atoms with van der Waals surface area (Å²) in [6.07, 6.45) is 2.71. The Morgan fingerprint density at radius 2 is 1.83 bits per heavy atom. The van der Waals surface area contributed by atoms with Gasteiger partial charge >= 0.3 is 6.03 Å². The number of ether oxygens (including phenoxy) is 3. The summed E-state index contributed by atoms with van der Waals surface area (Å²) in [5.41, 5.74) is 0.813. The van der Waals surface area contributed by atoms with Crippen LogP contribution in [0.3, 0.4) is 0 Å². The van der Waals surface area contributed by atoms with Crippen LogP contribution in [0.2, 0.25) is 0 Å². The molecule has 4 rings (SSSR count). The van der Waals surface area contributed by atoms with Crippen LogP contribution in [0.5, 0.6) is 11.5 Å². The number of carbonyl (C=O) groups is 1. The van der Waals surface area contributed by atoms with Crippen LogP contribution in [0, 0.1) is 3.57 Å². The quantitative estimate of drug-likeness (QED) is 0.567. The highest BCUT2D eigenvalue weighted by Gasteiger charge is 2.26. The van der Waals surface area contributed by atoms with Gasteiger partial charge in [0.1, 0.15) is 0 Å². The molecule has 2 aliphatic rings. The monoisotopic (exact) mass is 527 g/mol. The summed E-state index contributed by atoms with van der Waals surface area (Å²) in [5.74, 6) is 2.01. The molecule has 2 amide bonds. The van der Waals surface area contributed by atoms with Crippen molar-refractivity contribution >= 4 is 45.5 Å². The van der Waals surface area contributed by atoms with Gasteiger partial charge in [-0.15, -0.1) is 0 Å². The number of methoxy groups -OCH3 is 2. The predicted molar refractivity (Wildman–Crippen MR) is 122 cm³/mol. The highest BCUT2D eigenvalue weighted by molar-refractivity contribution is 14.1. The number of carbonyl (C=O) groups excluding carboxylic acids is 1. The van der Waals surface area contributed by atoms with E-state index in [4.69, 9.17) is 19.2 Å². The van der Waals surface area contributed by atoms with Gasteiger partial charge < -0.3 is 28.9 Å². The van der Waals surface area contributed by atoms with Crippen LogP contribution in [0.4, 0.5) is 10.7 Å². The Balaban J connectivity index is 1.52. The lowest BCUT2D eigenvalue weighted by Crippen LogP contribution is -2.49. The minimum Gasteiger partial charge on any atom is -0.493 e. The van der Waals surface area contributed by atoms with E-state index in [2.05, 4.69) is 32.5 Å². The van der Waals surface area contributed by atoms with Crippen LogP contribution >= 0.6 is 22.6 Å². The first-order valence-electron chi connectivity index (χ1n) is 10.1. The molecule has 2 saturated heterocycles. The van der Waals surface area contributed by atoms with Crippen molar-refractivity contribution < 1.29 is 19.0 Å². The first-order chi connectivity index (χ1) is 14.6. The lowest BCUT2D eigenvalue weighted by Gasteiger charge is -2.32. The number of rotatable bonds is 3. The van der Waals surface area contributed by atoms with Crippen LogP contribution in [0.15, 0.2) is 12.3 Å². The zero-order valence-corrected chi connectivity index (χ0v) is 19.4. The summed E-state index contributed by atoms with van der Waals surface area (Å²) in [6, 6.07) is 1.99. The molecule has 2 aliphatic heterocycles. The number of benzene rings is 1. The van der Waals surface area contributed by atoms with E-state index in [-0.39, 0.29) is 6.03 Å². The van der Waals surface area contributed by atoms with E-state index in [1.807, 2.05) is 22.1 Å². The summed E-state index contributed by atoms with van der Waals surface area (Å²) in [4.78, 5) is 28.2. The number of morpholine rings is 1. The second-order valence-electron chi connectivity index (χ2n) is 7.24. The molecular weight excluding hydrogens is 501 g/mol. The molecule has 0 bridgehead atoms. The highest BCUT2D eigenvalue weighted by Crippen LogP contribution is 2.37. The molecule has 2 aromatic rings. The van der Waals surface area contributed by atoms with Crippen molar-refractivity contribution in [2.45, 2.75) is 6.42 Å². The average Bonchev–Trinajstić information content (AvgIpc) is 3.05. The molecule has 10 heteroatoms. The molecule has 1 aromatic heterocycles. The molecule has 30 heavy (non-hydrogen) atoms. The van der Waals surface area contributed by atoms with Crippen molar-refractivity contribution in [3.05, 3.63) is 15.8 Å². The van der Waals surface area contributed by atoms with Gasteiger partial charge in [0.25, 0.3) is 0 Å². The SMILES string of the molecule is COc1cc2nc(N3CCCN(C(=O)N4CCOCC4)CC3)ncc2c(I)c1OC. The lowest BCUT2D eigenvalue weighted by atomic mass is 10.2. The smallest absolute Gasteiger partial charge is 0.320 e. The summed E-state index contributed by atoms with van der Waals surface area (Å²) in [6.45, 7) is 5.46. The molecule has 0 aliphatic carbocycles. The normalized spacial score (nSPS) is 17.8. The largest absolute Gasteiger partial charge is 0.493 e. The Labute approximate surface area is 189 Å². The Bertz CT molecular complexity index is 922. The number of amides is 2. The molecule has 9 nitrogen and oxygen atoms in total. The van der Waals surface area contributed by atoms with Crippen LogP contribution in [-0.4, -0.2) is 92.5 Å². The summed E-state index contributed by atoms with van der Waals surface area (Å²) >= 11 is 2.23. The molecule has 0 N–H and O–H groups in total. The average molecular weight is 527 g/mol. The van der Waals surface area contributed by atoms with Crippen LogP contribution in [0.1, 0.15) is 6.42 Å². The maximum atomic E-state index is 12.8. The molecule has 0 atom stereocenters. The third-order valence-corrected chi connectivity index (χ3v) is 6.56. The van der Waals surface area contributed by atoms with Crippen molar-refractivity contribution in [1.82, 2.24) is 19.8 Å². The fraction of sp³-hybridized carbons (Fsp3) is 0.550. The first kappa shape index (κ1) is 21.2. The molecule has 0 saturated carbocycles. The van der Waals surface area contributed by atoms with E-state index < -0.39 is 0 Å². The molecule has 162 valence electrons. The summed E-state index contributed by atoms with van der Waals surface area (Å²) in [5, 5.41) is 0.927. The second kappa shape index (κ2) is 9.38. The van der Waals surface area contributed by atoms with E-state index in [1.54, 1.807) is 14.2 Å². The van der Waals surface area contributed by atoms with Gasteiger partial charge in [0, 0.05) is 56.9 Å². The van der Waals surface area contributed by atoms with Gasteiger partial charge in [-0.05, 0) is 29.0 Å². The van der Waals surface area contributed by atoms with Gasteiger partial charge in [0.2, 0.25) is 5.95 Å². The Morgan fingerprint density at radius 3 is 2.57 bits per heavy atom. The third-order valence-electron chi connectivity index (χ3n) is 5.49. The standard InChI is InChI=1S/C20H26IN5O4/c1-28-16-12-15-14(17(21)18(16)29-2)13-22-19(23-15)24-4-3-5-25(7-6-24)20(27)26-8-10-30-11-9-26/h12-13H,3-11H2,1-2H3. The number of aromatic nitrogens is 2. The van der Waals surface area contributed by atoms with E-state index >= 15 is 0 Å². The van der Waals surface area contributed by atoms with Gasteiger partial charge in [0.15, 0.2) is 11.5 Å². The molecule has 0 unspecified atom stereocenters. The fourth-order valence-corrected chi connectivity index (χ4v) is 4.74. The van der Waals surface area contributed by atoms with Gasteiger partial charge in [-0.25, -0.2) is 14.8 Å². The van der Waals surface area contributed by atoms with Crippen LogP contribution in [-0.2, 0) is 4.74 Å². The number of hydrogen-bond donors (Lipinski definition) is 0. The number of urea groups is 1. The summed E-state index contributed by atoms with van der Waals surface area (Å²) in [7, 11) is 3.25. The van der Waals surface area contributed by atoms with Crippen molar-refractivity contribution in [2.75, 3.05) is 71.6 Å². The molecule has 2 fully saturated rings. The fourth-order valence-electron chi connectivity index (χ4n) is 3.84. The van der Waals surface area contributed by atoms with Crippen molar-refractivity contribution in [3.8, 4) is 11.5 Å². The van der Waals surface area contributed by atoms with Crippen LogP contribution in [0.25, 0.3) is 10.9 Å². The molecule has 3 heterocycles. The Morgan fingerprint density at radius 1 is 1.07 bits per heavy atom. The summed E-state index contributed by atoms with van der Waals surface area (Å²) < 4.78 is 17.2. The predicted octanol–water partition coefficient (Wildman–Crippen LogP) is 2.22. The molecule has 0 radical (unpaired) electrons. The number of hydrogen-bond acceptors (Lipinski definition) is 7. The lowest BCUT2D eigenvalue weighted by molar-refractivity contribution is 0.0438. The van der Waals surface area contributed by atoms with E-state index in [1.165, 1.54) is 0 Å².